The maximum Gasteiger partial charge on any atom is 0.150 e. The maximum atomic E-state index is 11.1. The van der Waals surface area contributed by atoms with Gasteiger partial charge >= 0.3 is 0 Å². The van der Waals surface area contributed by atoms with E-state index < -0.39 is 9.84 Å². The van der Waals surface area contributed by atoms with Crippen LogP contribution in [0.15, 0.2) is 12.4 Å². The van der Waals surface area contributed by atoms with Gasteiger partial charge in [0.15, 0.2) is 0 Å². The van der Waals surface area contributed by atoms with Crippen molar-refractivity contribution in [2.24, 2.45) is 0 Å². The minimum Gasteiger partial charge on any atom is -0.396 e. The highest BCUT2D eigenvalue weighted by Crippen LogP contribution is 2.00. The number of aryl methyl sites for hydroxylation is 1. The molecule has 0 aliphatic carbocycles. The number of nitrogen functional groups attached to an aromatic ring is 1. The Morgan fingerprint density at radius 3 is 2.79 bits per heavy atom. The molecule has 1 heterocycles. The SMILES string of the molecule is CCS(=O)(=O)CCCn1cc(N)cn1. The zero-order valence-corrected chi connectivity index (χ0v) is 9.00. The first-order chi connectivity index (χ1) is 6.53. The fourth-order valence-electron chi connectivity index (χ4n) is 1.09. The number of anilines is 1. The Morgan fingerprint density at radius 1 is 1.57 bits per heavy atom. The highest BCUT2D eigenvalue weighted by atomic mass is 32.2. The van der Waals surface area contributed by atoms with E-state index in [1.807, 2.05) is 0 Å². The first kappa shape index (κ1) is 11.0. The lowest BCUT2D eigenvalue weighted by atomic mass is 10.5. The molecular weight excluding hydrogens is 202 g/mol. The summed E-state index contributed by atoms with van der Waals surface area (Å²) in [6, 6.07) is 0. The van der Waals surface area contributed by atoms with Crippen molar-refractivity contribution in [1.29, 1.82) is 0 Å². The summed E-state index contributed by atoms with van der Waals surface area (Å²) in [4.78, 5) is 0. The predicted molar refractivity (Wildman–Crippen MR) is 55.6 cm³/mol. The molecule has 0 saturated heterocycles. The van der Waals surface area contributed by atoms with Gasteiger partial charge in [-0.3, -0.25) is 4.68 Å². The largest absolute Gasteiger partial charge is 0.396 e. The van der Waals surface area contributed by atoms with E-state index in [0.717, 1.165) is 0 Å². The molecular formula is C8H15N3O2S. The van der Waals surface area contributed by atoms with E-state index >= 15 is 0 Å². The van der Waals surface area contributed by atoms with Gasteiger partial charge in [-0.1, -0.05) is 6.92 Å². The van der Waals surface area contributed by atoms with Crippen LogP contribution in [-0.2, 0) is 16.4 Å². The molecule has 1 rings (SSSR count). The summed E-state index contributed by atoms with van der Waals surface area (Å²) in [5.41, 5.74) is 6.06. The summed E-state index contributed by atoms with van der Waals surface area (Å²) >= 11 is 0. The molecule has 0 aliphatic heterocycles. The molecule has 1 aromatic rings. The molecule has 0 fully saturated rings. The van der Waals surface area contributed by atoms with Crippen LogP contribution in [0.1, 0.15) is 13.3 Å². The van der Waals surface area contributed by atoms with Crippen molar-refractivity contribution < 1.29 is 8.42 Å². The lowest BCUT2D eigenvalue weighted by Gasteiger charge is -2.01. The van der Waals surface area contributed by atoms with Crippen molar-refractivity contribution in [1.82, 2.24) is 9.78 Å². The summed E-state index contributed by atoms with van der Waals surface area (Å²) in [5.74, 6) is 0.414. The maximum absolute atomic E-state index is 11.1. The predicted octanol–water partition coefficient (Wildman–Crippen LogP) is 0.290. The third-order valence-corrected chi connectivity index (χ3v) is 3.73. The molecule has 0 unspecified atom stereocenters. The minimum atomic E-state index is -2.86. The van der Waals surface area contributed by atoms with E-state index in [1.54, 1.807) is 24.0 Å². The van der Waals surface area contributed by atoms with Gasteiger partial charge in [0.25, 0.3) is 0 Å². The number of hydrogen-bond acceptors (Lipinski definition) is 4. The van der Waals surface area contributed by atoms with Gasteiger partial charge in [-0.05, 0) is 6.42 Å². The molecule has 0 radical (unpaired) electrons. The van der Waals surface area contributed by atoms with Crippen LogP contribution in [0.4, 0.5) is 5.69 Å². The van der Waals surface area contributed by atoms with Crippen LogP contribution in [-0.4, -0.2) is 29.7 Å². The topological polar surface area (TPSA) is 78.0 Å². The molecule has 0 atom stereocenters. The van der Waals surface area contributed by atoms with Crippen molar-refractivity contribution in [3.05, 3.63) is 12.4 Å². The lowest BCUT2D eigenvalue weighted by Crippen LogP contribution is -2.11. The Hall–Kier alpha value is -1.04. The number of sulfone groups is 1. The third kappa shape index (κ3) is 3.37. The molecule has 1 aromatic heterocycles. The molecule has 6 heteroatoms. The zero-order chi connectivity index (χ0) is 10.6. The summed E-state index contributed by atoms with van der Waals surface area (Å²) in [7, 11) is -2.86. The van der Waals surface area contributed by atoms with E-state index in [2.05, 4.69) is 5.10 Å². The molecule has 0 aromatic carbocycles. The Balaban J connectivity index is 2.36. The van der Waals surface area contributed by atoms with Crippen LogP contribution in [0.2, 0.25) is 0 Å². The van der Waals surface area contributed by atoms with Crippen molar-refractivity contribution in [3.8, 4) is 0 Å². The highest BCUT2D eigenvalue weighted by Gasteiger charge is 2.06. The van der Waals surface area contributed by atoms with Crippen LogP contribution >= 0.6 is 0 Å². The van der Waals surface area contributed by atoms with E-state index in [-0.39, 0.29) is 11.5 Å². The summed E-state index contributed by atoms with van der Waals surface area (Å²) in [5, 5.41) is 3.96. The van der Waals surface area contributed by atoms with Gasteiger partial charge in [-0.2, -0.15) is 5.10 Å². The molecule has 0 saturated carbocycles. The number of nitrogens with two attached hydrogens (primary N) is 1. The second-order valence-electron chi connectivity index (χ2n) is 3.13. The average Bonchev–Trinajstić information content (AvgIpc) is 2.51. The Labute approximate surface area is 83.8 Å². The molecule has 2 N–H and O–H groups in total. The average molecular weight is 217 g/mol. The van der Waals surface area contributed by atoms with Gasteiger partial charge in [0.05, 0.1) is 17.6 Å². The standard InChI is InChI=1S/C8H15N3O2S/c1-2-14(12,13)5-3-4-11-7-8(9)6-10-11/h6-7H,2-5,9H2,1H3. The normalized spacial score (nSPS) is 11.8. The summed E-state index contributed by atoms with van der Waals surface area (Å²) in [6.45, 7) is 2.25. The zero-order valence-electron chi connectivity index (χ0n) is 8.18. The summed E-state index contributed by atoms with van der Waals surface area (Å²) < 4.78 is 23.9. The van der Waals surface area contributed by atoms with E-state index in [1.165, 1.54) is 0 Å². The van der Waals surface area contributed by atoms with Crippen molar-refractivity contribution in [2.75, 3.05) is 17.2 Å². The quantitative estimate of drug-likeness (QED) is 0.769. The minimum absolute atomic E-state index is 0.203. The van der Waals surface area contributed by atoms with Gasteiger partial charge in [-0.15, -0.1) is 0 Å². The van der Waals surface area contributed by atoms with Gasteiger partial charge in [-0.25, -0.2) is 8.42 Å². The smallest absolute Gasteiger partial charge is 0.150 e. The Kier molecular flexibility index (Phi) is 3.51. The number of nitrogens with zero attached hydrogens (tertiary/aromatic N) is 2. The fourth-order valence-corrected chi connectivity index (χ4v) is 1.95. The monoisotopic (exact) mass is 217 g/mol. The molecule has 80 valence electrons. The molecule has 0 amide bonds. The second kappa shape index (κ2) is 4.45. The second-order valence-corrected chi connectivity index (χ2v) is 5.60. The number of aromatic nitrogens is 2. The van der Waals surface area contributed by atoms with Crippen LogP contribution in [0, 0.1) is 0 Å². The van der Waals surface area contributed by atoms with Gasteiger partial charge in [0.2, 0.25) is 0 Å². The van der Waals surface area contributed by atoms with E-state index in [4.69, 9.17) is 5.73 Å². The lowest BCUT2D eigenvalue weighted by molar-refractivity contribution is 0.573. The number of hydrogen-bond donors (Lipinski definition) is 1. The molecule has 5 nitrogen and oxygen atoms in total. The highest BCUT2D eigenvalue weighted by molar-refractivity contribution is 7.91. The fraction of sp³-hybridized carbons (Fsp3) is 0.625. The Morgan fingerprint density at radius 2 is 2.29 bits per heavy atom. The van der Waals surface area contributed by atoms with Gasteiger partial charge < -0.3 is 5.73 Å². The van der Waals surface area contributed by atoms with E-state index in [9.17, 15) is 8.42 Å². The third-order valence-electron chi connectivity index (χ3n) is 1.94. The van der Waals surface area contributed by atoms with Crippen molar-refractivity contribution >= 4 is 15.5 Å². The van der Waals surface area contributed by atoms with Crippen LogP contribution < -0.4 is 5.73 Å². The van der Waals surface area contributed by atoms with Crippen molar-refractivity contribution in [2.45, 2.75) is 19.9 Å². The van der Waals surface area contributed by atoms with Crippen LogP contribution in [0.25, 0.3) is 0 Å². The number of rotatable bonds is 5. The molecule has 0 aliphatic rings. The van der Waals surface area contributed by atoms with Crippen LogP contribution in [0.5, 0.6) is 0 Å². The first-order valence-electron chi connectivity index (χ1n) is 4.52. The molecule has 14 heavy (non-hydrogen) atoms. The first-order valence-corrected chi connectivity index (χ1v) is 6.34. The molecule has 0 spiro atoms. The van der Waals surface area contributed by atoms with Crippen LogP contribution in [0.3, 0.4) is 0 Å². The van der Waals surface area contributed by atoms with Gasteiger partial charge in [0, 0.05) is 18.5 Å². The molecule has 0 bridgehead atoms. The van der Waals surface area contributed by atoms with Gasteiger partial charge in [0.1, 0.15) is 9.84 Å². The summed E-state index contributed by atoms with van der Waals surface area (Å²) in [6.07, 6.45) is 3.82. The van der Waals surface area contributed by atoms with Crippen molar-refractivity contribution in [3.63, 3.8) is 0 Å². The van der Waals surface area contributed by atoms with E-state index in [0.29, 0.717) is 18.7 Å². The Bertz CT molecular complexity index is 383.